The number of benzene rings is 2. The molecule has 0 aliphatic rings. The molecule has 0 saturated carbocycles. The maximum absolute atomic E-state index is 13.7. The summed E-state index contributed by atoms with van der Waals surface area (Å²) in [5, 5.41) is 7.17. The van der Waals surface area contributed by atoms with Crippen molar-refractivity contribution in [3.8, 4) is 22.9 Å². The van der Waals surface area contributed by atoms with E-state index in [2.05, 4.69) is 20.4 Å². The highest BCUT2D eigenvalue weighted by Gasteiger charge is 2.20. The molecule has 0 bridgehead atoms. The maximum Gasteiger partial charge on any atom is 0.265 e. The van der Waals surface area contributed by atoms with Gasteiger partial charge < -0.3 is 19.3 Å². The molecular formula is C23H21FN4O4. The Morgan fingerprint density at radius 3 is 2.69 bits per heavy atom. The van der Waals surface area contributed by atoms with Crippen molar-refractivity contribution in [3.05, 3.63) is 65.7 Å². The summed E-state index contributed by atoms with van der Waals surface area (Å²) >= 11 is 0. The lowest BCUT2D eigenvalue weighted by atomic mass is 10.1. The second-order valence-electron chi connectivity index (χ2n) is 6.94. The lowest BCUT2D eigenvalue weighted by Gasteiger charge is -2.09. The van der Waals surface area contributed by atoms with Gasteiger partial charge in [-0.05, 0) is 43.7 Å². The van der Waals surface area contributed by atoms with Crippen LogP contribution >= 0.6 is 0 Å². The number of amides is 1. The van der Waals surface area contributed by atoms with Crippen LogP contribution in [0.4, 0.5) is 4.39 Å². The van der Waals surface area contributed by atoms with E-state index in [0.717, 1.165) is 11.3 Å². The fraction of sp³-hybridized carbons (Fsp3) is 0.217. The van der Waals surface area contributed by atoms with E-state index in [4.69, 9.17) is 14.0 Å². The minimum absolute atomic E-state index is 0.143. The molecule has 0 radical (unpaired) electrons. The number of nitrogens with zero attached hydrogens (tertiary/aromatic N) is 3. The number of carbonyl (C=O) groups is 1. The van der Waals surface area contributed by atoms with Gasteiger partial charge in [-0.2, -0.15) is 9.97 Å². The lowest BCUT2D eigenvalue weighted by Crippen LogP contribution is -2.28. The second kappa shape index (κ2) is 9.42. The highest BCUT2D eigenvalue weighted by molar-refractivity contribution is 5.93. The Bertz CT molecular complexity index is 1240. The zero-order valence-corrected chi connectivity index (χ0v) is 17.6. The van der Waals surface area contributed by atoms with Gasteiger partial charge in [-0.15, -0.1) is 0 Å². The first kappa shape index (κ1) is 21.2. The normalized spacial score (nSPS) is 10.8. The Morgan fingerprint density at radius 2 is 1.94 bits per heavy atom. The molecule has 0 spiro atoms. The van der Waals surface area contributed by atoms with Crippen molar-refractivity contribution in [2.75, 3.05) is 13.2 Å². The van der Waals surface area contributed by atoms with Crippen LogP contribution in [0.1, 0.15) is 18.3 Å². The van der Waals surface area contributed by atoms with Gasteiger partial charge in [0.1, 0.15) is 28.5 Å². The van der Waals surface area contributed by atoms with Crippen molar-refractivity contribution >= 4 is 17.0 Å². The molecule has 0 aliphatic carbocycles. The Labute approximate surface area is 183 Å². The van der Waals surface area contributed by atoms with Crippen molar-refractivity contribution in [2.24, 2.45) is 0 Å². The Kier molecular flexibility index (Phi) is 6.25. The van der Waals surface area contributed by atoms with Gasteiger partial charge in [0.05, 0.1) is 6.61 Å². The van der Waals surface area contributed by atoms with Crippen molar-refractivity contribution in [1.82, 2.24) is 20.4 Å². The van der Waals surface area contributed by atoms with Crippen LogP contribution in [0.3, 0.4) is 0 Å². The molecule has 1 N–H and O–H groups in total. The topological polar surface area (TPSA) is 99.4 Å². The number of nitrogens with one attached hydrogen (secondary N) is 1. The number of aryl methyl sites for hydroxylation is 1. The molecule has 0 saturated heterocycles. The first-order valence-corrected chi connectivity index (χ1v) is 10.0. The molecule has 9 heteroatoms. The predicted octanol–water partition coefficient (Wildman–Crippen LogP) is 3.83. The summed E-state index contributed by atoms with van der Waals surface area (Å²) in [7, 11) is 0. The number of fused-ring (bicyclic) bond motifs is 1. The summed E-state index contributed by atoms with van der Waals surface area (Å²) in [4.78, 5) is 20.8. The molecule has 2 heterocycles. The number of halogens is 1. The molecule has 8 nitrogen and oxygen atoms in total. The van der Waals surface area contributed by atoms with Gasteiger partial charge in [0.25, 0.3) is 11.6 Å². The van der Waals surface area contributed by atoms with Gasteiger partial charge in [-0.3, -0.25) is 4.79 Å². The SMILES string of the molecule is CCOc1ccc(CNC(=O)COc2nc(C)nc3onc(-c4cccc(F)c4)c23)cc1. The molecule has 0 fully saturated rings. The molecule has 0 unspecified atom stereocenters. The van der Waals surface area contributed by atoms with Crippen LogP contribution < -0.4 is 14.8 Å². The average Bonchev–Trinajstić information content (AvgIpc) is 3.21. The molecule has 32 heavy (non-hydrogen) atoms. The molecule has 1 amide bonds. The second-order valence-corrected chi connectivity index (χ2v) is 6.94. The third-order valence-electron chi connectivity index (χ3n) is 4.58. The first-order chi connectivity index (χ1) is 15.5. The van der Waals surface area contributed by atoms with Crippen LogP contribution in [0.25, 0.3) is 22.4 Å². The number of aromatic nitrogens is 3. The summed E-state index contributed by atoms with van der Waals surface area (Å²) < 4.78 is 30.1. The Hall–Kier alpha value is -4.01. The molecule has 2 aromatic carbocycles. The summed E-state index contributed by atoms with van der Waals surface area (Å²) in [5.74, 6) is 0.570. The lowest BCUT2D eigenvalue weighted by molar-refractivity contribution is -0.123. The summed E-state index contributed by atoms with van der Waals surface area (Å²) in [6, 6.07) is 13.4. The van der Waals surface area contributed by atoms with Gasteiger partial charge in [-0.25, -0.2) is 4.39 Å². The molecule has 0 aliphatic heterocycles. The van der Waals surface area contributed by atoms with E-state index in [1.54, 1.807) is 19.1 Å². The van der Waals surface area contributed by atoms with Gasteiger partial charge in [-0.1, -0.05) is 29.4 Å². The Morgan fingerprint density at radius 1 is 1.12 bits per heavy atom. The van der Waals surface area contributed by atoms with Crippen molar-refractivity contribution in [1.29, 1.82) is 0 Å². The smallest absolute Gasteiger partial charge is 0.265 e. The number of carbonyl (C=O) groups excluding carboxylic acids is 1. The average molecular weight is 436 g/mol. The summed E-state index contributed by atoms with van der Waals surface area (Å²) in [6.07, 6.45) is 0. The fourth-order valence-electron chi connectivity index (χ4n) is 3.12. The number of rotatable bonds is 8. The van der Waals surface area contributed by atoms with Crippen LogP contribution in [0, 0.1) is 12.7 Å². The van der Waals surface area contributed by atoms with Crippen LogP contribution in [-0.2, 0) is 11.3 Å². The van der Waals surface area contributed by atoms with Gasteiger partial charge in [0.2, 0.25) is 5.88 Å². The zero-order valence-electron chi connectivity index (χ0n) is 17.6. The van der Waals surface area contributed by atoms with E-state index in [-0.39, 0.29) is 24.1 Å². The number of hydrogen-bond acceptors (Lipinski definition) is 7. The molecule has 4 rings (SSSR count). The zero-order chi connectivity index (χ0) is 22.5. The van der Waals surface area contributed by atoms with Gasteiger partial charge >= 0.3 is 0 Å². The third-order valence-corrected chi connectivity index (χ3v) is 4.58. The molecular weight excluding hydrogens is 415 g/mol. The molecule has 164 valence electrons. The third kappa shape index (κ3) is 4.83. The van der Waals surface area contributed by atoms with Crippen LogP contribution in [0.2, 0.25) is 0 Å². The van der Waals surface area contributed by atoms with Gasteiger partial charge in [0, 0.05) is 12.1 Å². The van der Waals surface area contributed by atoms with Crippen LogP contribution in [-0.4, -0.2) is 34.2 Å². The van der Waals surface area contributed by atoms with E-state index >= 15 is 0 Å². The van der Waals surface area contributed by atoms with E-state index in [1.807, 2.05) is 31.2 Å². The number of hydrogen-bond donors (Lipinski definition) is 1. The first-order valence-electron chi connectivity index (χ1n) is 10.0. The van der Waals surface area contributed by atoms with E-state index in [1.165, 1.54) is 12.1 Å². The fourth-order valence-corrected chi connectivity index (χ4v) is 3.12. The molecule has 0 atom stereocenters. The summed E-state index contributed by atoms with van der Waals surface area (Å²) in [5.41, 5.74) is 1.95. The standard InChI is InChI=1S/C23H21FN4O4/c1-3-30-18-9-7-15(8-10-18)12-25-19(29)13-31-22-20-21(16-5-4-6-17(24)11-16)28-32-23(20)27-14(2)26-22/h4-11H,3,12-13H2,1-2H3,(H,25,29). The molecule has 2 aromatic heterocycles. The predicted molar refractivity (Wildman–Crippen MR) is 115 cm³/mol. The quantitative estimate of drug-likeness (QED) is 0.448. The largest absolute Gasteiger partial charge is 0.494 e. The number of ether oxygens (including phenoxy) is 2. The monoisotopic (exact) mass is 436 g/mol. The van der Waals surface area contributed by atoms with Crippen molar-refractivity contribution < 1.29 is 23.2 Å². The van der Waals surface area contributed by atoms with Gasteiger partial charge in [0.15, 0.2) is 6.61 Å². The summed E-state index contributed by atoms with van der Waals surface area (Å²) in [6.45, 7) is 4.26. The van der Waals surface area contributed by atoms with E-state index in [0.29, 0.717) is 35.6 Å². The minimum Gasteiger partial charge on any atom is -0.494 e. The van der Waals surface area contributed by atoms with Crippen LogP contribution in [0.15, 0.2) is 53.1 Å². The highest BCUT2D eigenvalue weighted by atomic mass is 19.1. The van der Waals surface area contributed by atoms with E-state index in [9.17, 15) is 9.18 Å². The molecule has 4 aromatic rings. The van der Waals surface area contributed by atoms with Crippen molar-refractivity contribution in [3.63, 3.8) is 0 Å². The maximum atomic E-state index is 13.7. The van der Waals surface area contributed by atoms with E-state index < -0.39 is 5.82 Å². The Balaban J connectivity index is 1.46. The van der Waals surface area contributed by atoms with Crippen LogP contribution in [0.5, 0.6) is 11.6 Å². The van der Waals surface area contributed by atoms with Crippen molar-refractivity contribution in [2.45, 2.75) is 20.4 Å². The highest BCUT2D eigenvalue weighted by Crippen LogP contribution is 2.33. The minimum atomic E-state index is -0.414.